The molecule has 258 valence electrons. The van der Waals surface area contributed by atoms with Crippen LogP contribution >= 0.6 is 0 Å². The second kappa shape index (κ2) is 13.5. The summed E-state index contributed by atoms with van der Waals surface area (Å²) in [6, 6.07) is 42.5. The van der Waals surface area contributed by atoms with Crippen LogP contribution in [0.2, 0.25) is 0 Å². The number of carbonyl (C=O) groups is 2. The zero-order valence-electron chi connectivity index (χ0n) is 28.3. The molecule has 4 atom stereocenters. The van der Waals surface area contributed by atoms with E-state index >= 15 is 0 Å². The van der Waals surface area contributed by atoms with Gasteiger partial charge in [0.25, 0.3) is 11.8 Å². The molecule has 3 heterocycles. The van der Waals surface area contributed by atoms with Crippen LogP contribution in [-0.2, 0) is 9.59 Å². The molecule has 9 rings (SSSR count). The number of para-hydroxylation sites is 2. The fourth-order valence-corrected chi connectivity index (χ4v) is 7.54. The number of hydrogen-bond donors (Lipinski definition) is 0. The number of amides is 2. The summed E-state index contributed by atoms with van der Waals surface area (Å²) in [4.78, 5) is 31.6. The van der Waals surface area contributed by atoms with Crippen molar-refractivity contribution in [2.45, 2.75) is 24.3 Å². The molecular weight excluding hydrogens is 652 g/mol. The van der Waals surface area contributed by atoms with E-state index in [4.69, 9.17) is 18.9 Å². The van der Waals surface area contributed by atoms with Gasteiger partial charge in [0, 0.05) is 24.2 Å². The minimum absolute atomic E-state index is 0.147. The standard InChI is InChI=1S/C44H36N2O6/c47-43-41(51-33-21-19-29-11-1-3-13-31(29)27-33)39-35-15-5-7-17-37(35)49-25-9-10-26-50-38-18-8-6-16-36(38)40-42(44(48)46(40)24-23-45(39)43)52-34-22-20-30-12-2-4-14-32(30)28-34/h1-22,27-28,39-42H,23-26H2/b10-9+/t39-,40-,41+,42+/m0/s1. The number of β-lactam (4-membered cyclic amide) rings is 2. The lowest BCUT2D eigenvalue weighted by Gasteiger charge is -2.51. The number of carbonyl (C=O) groups excluding carboxylic acids is 2. The molecule has 0 radical (unpaired) electrons. The SMILES string of the molecule is O=C1[C@H](Oc2ccc3ccccc3c2)[C@@H]2c3ccccc3OC/C=C/COc3ccccc3[C@H]3[C@@H](Oc4ccc5ccccc5c4)C(=O)N3CCN12. The van der Waals surface area contributed by atoms with E-state index < -0.39 is 24.3 Å². The van der Waals surface area contributed by atoms with Crippen LogP contribution in [0.25, 0.3) is 21.5 Å². The zero-order chi connectivity index (χ0) is 35.0. The minimum Gasteiger partial charge on any atom is -0.489 e. The van der Waals surface area contributed by atoms with Crippen LogP contribution in [0.3, 0.4) is 0 Å². The molecule has 8 nitrogen and oxygen atoms in total. The molecule has 2 saturated heterocycles. The number of hydrogen-bond acceptors (Lipinski definition) is 6. The number of benzene rings is 6. The van der Waals surface area contributed by atoms with Crippen LogP contribution in [-0.4, -0.2) is 60.1 Å². The Balaban J connectivity index is 1.04. The van der Waals surface area contributed by atoms with Crippen molar-refractivity contribution in [2.24, 2.45) is 0 Å². The molecule has 0 spiro atoms. The van der Waals surface area contributed by atoms with E-state index in [-0.39, 0.29) is 11.8 Å². The van der Waals surface area contributed by atoms with Gasteiger partial charge in [0.2, 0.25) is 12.2 Å². The summed E-state index contributed by atoms with van der Waals surface area (Å²) in [5.74, 6) is 2.28. The van der Waals surface area contributed by atoms with E-state index in [9.17, 15) is 9.59 Å². The third-order valence-electron chi connectivity index (χ3n) is 10.2. The molecule has 3 aliphatic rings. The largest absolute Gasteiger partial charge is 0.489 e. The average molecular weight is 689 g/mol. The van der Waals surface area contributed by atoms with Gasteiger partial charge in [-0.25, -0.2) is 0 Å². The van der Waals surface area contributed by atoms with E-state index in [0.29, 0.717) is 49.3 Å². The quantitative estimate of drug-likeness (QED) is 0.140. The molecular formula is C44H36N2O6. The van der Waals surface area contributed by atoms with Gasteiger partial charge in [-0.05, 0) is 70.1 Å². The molecule has 3 aliphatic heterocycles. The zero-order valence-corrected chi connectivity index (χ0v) is 28.3. The Morgan fingerprint density at radius 1 is 0.481 bits per heavy atom. The predicted octanol–water partition coefficient (Wildman–Crippen LogP) is 7.68. The maximum atomic E-state index is 14.0. The normalized spacial score (nSPS) is 22.0. The van der Waals surface area contributed by atoms with Gasteiger partial charge in [0.15, 0.2) is 0 Å². The van der Waals surface area contributed by atoms with Crippen molar-refractivity contribution in [3.8, 4) is 23.0 Å². The first-order valence-corrected chi connectivity index (χ1v) is 17.6. The Morgan fingerprint density at radius 3 is 1.35 bits per heavy atom. The lowest BCUT2D eigenvalue weighted by atomic mass is 9.88. The molecule has 0 bridgehead atoms. The van der Waals surface area contributed by atoms with Crippen LogP contribution in [0.15, 0.2) is 146 Å². The third kappa shape index (κ3) is 5.76. The molecule has 6 aromatic carbocycles. The first-order valence-electron chi connectivity index (χ1n) is 17.6. The monoisotopic (exact) mass is 688 g/mol. The topological polar surface area (TPSA) is 77.5 Å². The van der Waals surface area contributed by atoms with Crippen LogP contribution < -0.4 is 18.9 Å². The first kappa shape index (κ1) is 31.7. The summed E-state index contributed by atoms with van der Waals surface area (Å²) >= 11 is 0. The van der Waals surface area contributed by atoms with Crippen molar-refractivity contribution >= 4 is 33.4 Å². The molecule has 2 amide bonds. The maximum Gasteiger partial charge on any atom is 0.266 e. The summed E-state index contributed by atoms with van der Waals surface area (Å²) < 4.78 is 25.4. The summed E-state index contributed by atoms with van der Waals surface area (Å²) in [5.41, 5.74) is 1.69. The lowest BCUT2D eigenvalue weighted by molar-refractivity contribution is -0.172. The van der Waals surface area contributed by atoms with Crippen molar-refractivity contribution in [1.82, 2.24) is 9.80 Å². The molecule has 0 saturated carbocycles. The lowest BCUT2D eigenvalue weighted by Crippen LogP contribution is -2.66. The first-order chi connectivity index (χ1) is 25.6. The van der Waals surface area contributed by atoms with Crippen LogP contribution in [0.1, 0.15) is 23.2 Å². The third-order valence-corrected chi connectivity index (χ3v) is 10.2. The Morgan fingerprint density at radius 2 is 0.885 bits per heavy atom. The highest BCUT2D eigenvalue weighted by Gasteiger charge is 2.54. The van der Waals surface area contributed by atoms with Crippen molar-refractivity contribution in [1.29, 1.82) is 0 Å². The summed E-state index contributed by atoms with van der Waals surface area (Å²) in [5, 5.41) is 4.25. The van der Waals surface area contributed by atoms with Gasteiger partial charge < -0.3 is 28.7 Å². The summed E-state index contributed by atoms with van der Waals surface area (Å²) in [7, 11) is 0. The maximum absolute atomic E-state index is 14.0. The number of fused-ring (bicyclic) bond motifs is 8. The predicted molar refractivity (Wildman–Crippen MR) is 199 cm³/mol. The average Bonchev–Trinajstić information content (AvgIpc) is 3.18. The number of nitrogens with zero attached hydrogens (tertiary/aromatic N) is 2. The molecule has 52 heavy (non-hydrogen) atoms. The van der Waals surface area contributed by atoms with E-state index in [1.165, 1.54) is 0 Å². The van der Waals surface area contributed by atoms with E-state index in [0.717, 1.165) is 32.7 Å². The Hall–Kier alpha value is -6.28. The van der Waals surface area contributed by atoms with Crippen molar-refractivity contribution in [2.75, 3.05) is 26.3 Å². The molecule has 8 heteroatoms. The van der Waals surface area contributed by atoms with Gasteiger partial charge in [0.1, 0.15) is 48.3 Å². The van der Waals surface area contributed by atoms with Gasteiger partial charge >= 0.3 is 0 Å². The number of rotatable bonds is 4. The molecule has 6 aromatic rings. The van der Waals surface area contributed by atoms with Crippen molar-refractivity contribution in [3.63, 3.8) is 0 Å². The van der Waals surface area contributed by atoms with E-state index in [1.807, 2.05) is 146 Å². The van der Waals surface area contributed by atoms with Crippen molar-refractivity contribution < 1.29 is 28.5 Å². The second-order valence-corrected chi connectivity index (χ2v) is 13.2. The highest BCUT2D eigenvalue weighted by Crippen LogP contribution is 2.45. The van der Waals surface area contributed by atoms with Gasteiger partial charge in [-0.15, -0.1) is 0 Å². The molecule has 0 aliphatic carbocycles. The van der Waals surface area contributed by atoms with Crippen LogP contribution in [0.5, 0.6) is 23.0 Å². The van der Waals surface area contributed by atoms with Gasteiger partial charge in [-0.1, -0.05) is 97.1 Å². The minimum atomic E-state index is -0.763. The van der Waals surface area contributed by atoms with Crippen LogP contribution in [0.4, 0.5) is 0 Å². The molecule has 2 fully saturated rings. The van der Waals surface area contributed by atoms with Gasteiger partial charge in [-0.2, -0.15) is 0 Å². The van der Waals surface area contributed by atoms with Gasteiger partial charge in [-0.3, -0.25) is 9.59 Å². The Labute approximate surface area is 301 Å². The fourth-order valence-electron chi connectivity index (χ4n) is 7.54. The van der Waals surface area contributed by atoms with E-state index in [2.05, 4.69) is 0 Å². The Bertz CT molecular complexity index is 2180. The van der Waals surface area contributed by atoms with E-state index in [1.54, 1.807) is 9.80 Å². The molecule has 0 N–H and O–H groups in total. The highest BCUT2D eigenvalue weighted by molar-refractivity contribution is 5.92. The molecule has 0 unspecified atom stereocenters. The summed E-state index contributed by atoms with van der Waals surface area (Å²) in [6.07, 6.45) is 2.31. The second-order valence-electron chi connectivity index (χ2n) is 13.2. The van der Waals surface area contributed by atoms with Crippen molar-refractivity contribution in [3.05, 3.63) is 157 Å². The van der Waals surface area contributed by atoms with Gasteiger partial charge in [0.05, 0.1) is 0 Å². The highest BCUT2D eigenvalue weighted by atomic mass is 16.5. The van der Waals surface area contributed by atoms with Crippen LogP contribution in [0, 0.1) is 0 Å². The summed E-state index contributed by atoms with van der Waals surface area (Å²) in [6.45, 7) is 1.24. The molecule has 0 aromatic heterocycles. The Kier molecular flexibility index (Phi) is 8.20. The smallest absolute Gasteiger partial charge is 0.266 e. The fraction of sp³-hybridized carbons (Fsp3) is 0.182. The number of ether oxygens (including phenoxy) is 4.